The van der Waals surface area contributed by atoms with Crippen LogP contribution in [0.2, 0.25) is 0 Å². The van der Waals surface area contributed by atoms with Crippen LogP contribution in [0.25, 0.3) is 0 Å². The van der Waals surface area contributed by atoms with Crippen LogP contribution in [0, 0.1) is 17.8 Å². The van der Waals surface area contributed by atoms with E-state index in [-0.39, 0.29) is 11.9 Å². The van der Waals surface area contributed by atoms with Gasteiger partial charge in [0.25, 0.3) is 0 Å². The number of carboxylic acids is 1. The highest BCUT2D eigenvalue weighted by Crippen LogP contribution is 2.36. The van der Waals surface area contributed by atoms with Gasteiger partial charge in [-0.25, -0.2) is 0 Å². The summed E-state index contributed by atoms with van der Waals surface area (Å²) >= 11 is 0. The summed E-state index contributed by atoms with van der Waals surface area (Å²) in [4.78, 5) is 23.6. The van der Waals surface area contributed by atoms with Crippen molar-refractivity contribution < 1.29 is 19.4 Å². The summed E-state index contributed by atoms with van der Waals surface area (Å²) in [6.07, 6.45) is 2.00. The molecule has 0 spiro atoms. The molecule has 5 nitrogen and oxygen atoms in total. The number of carboxylic acid groups (broad SMARTS) is 1. The Bertz CT molecular complexity index is 570. The first kappa shape index (κ1) is 17.3. The van der Waals surface area contributed by atoms with Gasteiger partial charge in [-0.1, -0.05) is 32.0 Å². The van der Waals surface area contributed by atoms with Gasteiger partial charge in [-0.15, -0.1) is 0 Å². The molecule has 0 radical (unpaired) electrons. The number of ether oxygens (including phenoxy) is 1. The highest BCUT2D eigenvalue weighted by Gasteiger charge is 2.42. The van der Waals surface area contributed by atoms with E-state index >= 15 is 0 Å². The molecule has 0 saturated heterocycles. The number of carbonyl (C=O) groups is 2. The number of aliphatic carboxylic acids is 1. The first-order valence-electron chi connectivity index (χ1n) is 8.10. The highest BCUT2D eigenvalue weighted by molar-refractivity contribution is 5.86. The van der Waals surface area contributed by atoms with Crippen LogP contribution in [-0.2, 0) is 9.59 Å². The summed E-state index contributed by atoms with van der Waals surface area (Å²) in [5, 5.41) is 12.2. The second kappa shape index (κ2) is 7.49. The molecule has 0 aromatic heterocycles. The molecule has 1 saturated carbocycles. The number of rotatable bonds is 7. The van der Waals surface area contributed by atoms with Gasteiger partial charge in [-0.05, 0) is 31.2 Å². The second-order valence-electron chi connectivity index (χ2n) is 6.56. The van der Waals surface area contributed by atoms with Crippen LogP contribution < -0.4 is 10.1 Å². The summed E-state index contributed by atoms with van der Waals surface area (Å²) in [5.41, 5.74) is 0.934. The summed E-state index contributed by atoms with van der Waals surface area (Å²) in [6, 6.07) is 7.46. The van der Waals surface area contributed by atoms with Gasteiger partial charge in [0, 0.05) is 5.56 Å². The van der Waals surface area contributed by atoms with Crippen molar-refractivity contribution in [2.75, 3.05) is 7.11 Å². The van der Waals surface area contributed by atoms with Crippen LogP contribution in [-0.4, -0.2) is 24.1 Å². The molecule has 1 aromatic rings. The van der Waals surface area contributed by atoms with E-state index in [1.54, 1.807) is 7.11 Å². The van der Waals surface area contributed by atoms with E-state index < -0.39 is 17.8 Å². The largest absolute Gasteiger partial charge is 0.496 e. The van der Waals surface area contributed by atoms with Gasteiger partial charge in [0.05, 0.1) is 25.0 Å². The smallest absolute Gasteiger partial charge is 0.307 e. The fourth-order valence-corrected chi connectivity index (χ4v) is 3.08. The van der Waals surface area contributed by atoms with Crippen molar-refractivity contribution in [1.82, 2.24) is 5.32 Å². The third-order valence-electron chi connectivity index (χ3n) is 4.47. The molecule has 5 heteroatoms. The molecule has 0 aliphatic heterocycles. The number of methoxy groups -OCH3 is 1. The summed E-state index contributed by atoms with van der Waals surface area (Å²) in [5.74, 6) is -0.887. The topological polar surface area (TPSA) is 75.6 Å². The SMILES string of the molecule is COc1ccccc1C(CC(C)C)NC(=O)C1CCC1C(=O)O. The standard InChI is InChI=1S/C18H25NO4/c1-11(2)10-15(14-6-4-5-7-16(14)23-3)19-17(20)12-8-9-13(12)18(21)22/h4-7,11-13,15H,8-10H2,1-3H3,(H,19,20)(H,21,22). The molecule has 0 heterocycles. The lowest BCUT2D eigenvalue weighted by Gasteiger charge is -2.34. The number of hydrogen-bond acceptors (Lipinski definition) is 3. The van der Waals surface area contributed by atoms with Crippen LogP contribution >= 0.6 is 0 Å². The van der Waals surface area contributed by atoms with E-state index in [1.807, 2.05) is 24.3 Å². The summed E-state index contributed by atoms with van der Waals surface area (Å²) in [7, 11) is 1.61. The number of amides is 1. The molecule has 3 unspecified atom stereocenters. The Morgan fingerprint density at radius 2 is 1.91 bits per heavy atom. The average molecular weight is 319 g/mol. The lowest BCUT2D eigenvalue weighted by molar-refractivity contribution is -0.153. The Balaban J connectivity index is 2.16. The van der Waals surface area contributed by atoms with E-state index in [4.69, 9.17) is 9.84 Å². The van der Waals surface area contributed by atoms with E-state index in [0.29, 0.717) is 18.8 Å². The third kappa shape index (κ3) is 4.03. The molecule has 2 rings (SSSR count). The molecule has 3 atom stereocenters. The van der Waals surface area contributed by atoms with Gasteiger partial charge < -0.3 is 15.2 Å². The molecule has 1 amide bonds. The minimum atomic E-state index is -0.880. The quantitative estimate of drug-likeness (QED) is 0.810. The summed E-state index contributed by atoms with van der Waals surface area (Å²) < 4.78 is 5.40. The highest BCUT2D eigenvalue weighted by atomic mass is 16.5. The maximum Gasteiger partial charge on any atom is 0.307 e. The van der Waals surface area contributed by atoms with Gasteiger partial charge >= 0.3 is 5.97 Å². The van der Waals surface area contributed by atoms with Crippen molar-refractivity contribution >= 4 is 11.9 Å². The molecule has 1 fully saturated rings. The lowest BCUT2D eigenvalue weighted by atomic mass is 9.73. The van der Waals surface area contributed by atoms with Gasteiger partial charge in [0.15, 0.2) is 0 Å². The fraction of sp³-hybridized carbons (Fsp3) is 0.556. The van der Waals surface area contributed by atoms with Crippen molar-refractivity contribution in [2.45, 2.75) is 39.2 Å². The van der Waals surface area contributed by atoms with E-state index in [9.17, 15) is 9.59 Å². The lowest BCUT2D eigenvalue weighted by Crippen LogP contribution is -2.45. The fourth-order valence-electron chi connectivity index (χ4n) is 3.08. The van der Waals surface area contributed by atoms with Crippen molar-refractivity contribution in [1.29, 1.82) is 0 Å². The van der Waals surface area contributed by atoms with Crippen molar-refractivity contribution in [3.05, 3.63) is 29.8 Å². The van der Waals surface area contributed by atoms with Crippen molar-refractivity contribution in [3.8, 4) is 5.75 Å². The Kier molecular flexibility index (Phi) is 5.64. The molecule has 0 bridgehead atoms. The zero-order valence-electron chi connectivity index (χ0n) is 13.9. The maximum absolute atomic E-state index is 12.5. The van der Waals surface area contributed by atoms with E-state index in [1.165, 1.54) is 0 Å². The number of hydrogen-bond donors (Lipinski definition) is 2. The Morgan fingerprint density at radius 1 is 1.26 bits per heavy atom. The van der Waals surface area contributed by atoms with Crippen LogP contribution in [0.1, 0.15) is 44.7 Å². The normalized spacial score (nSPS) is 21.4. The van der Waals surface area contributed by atoms with Crippen molar-refractivity contribution in [2.24, 2.45) is 17.8 Å². The number of nitrogens with one attached hydrogen (secondary N) is 1. The van der Waals surface area contributed by atoms with Gasteiger partial charge in [-0.2, -0.15) is 0 Å². The Hall–Kier alpha value is -2.04. The molecule has 1 aromatic carbocycles. The zero-order valence-corrected chi connectivity index (χ0v) is 13.9. The molecule has 126 valence electrons. The number of para-hydroxylation sites is 1. The predicted octanol–water partition coefficient (Wildman–Crippen LogP) is 3.01. The predicted molar refractivity (Wildman–Crippen MR) is 87.2 cm³/mol. The molecule has 1 aliphatic rings. The monoisotopic (exact) mass is 319 g/mol. The van der Waals surface area contributed by atoms with Crippen LogP contribution in [0.3, 0.4) is 0 Å². The average Bonchev–Trinajstić information content (AvgIpc) is 2.44. The Morgan fingerprint density at radius 3 is 2.43 bits per heavy atom. The molecule has 1 aliphatic carbocycles. The Labute approximate surface area is 137 Å². The molecule has 2 N–H and O–H groups in total. The molecule has 23 heavy (non-hydrogen) atoms. The third-order valence-corrected chi connectivity index (χ3v) is 4.47. The molecular weight excluding hydrogens is 294 g/mol. The van der Waals surface area contributed by atoms with Crippen molar-refractivity contribution in [3.63, 3.8) is 0 Å². The second-order valence-corrected chi connectivity index (χ2v) is 6.56. The minimum Gasteiger partial charge on any atom is -0.496 e. The molecular formula is C18H25NO4. The first-order valence-corrected chi connectivity index (χ1v) is 8.10. The minimum absolute atomic E-state index is 0.166. The van der Waals surface area contributed by atoms with Gasteiger partial charge in [0.1, 0.15) is 5.75 Å². The van der Waals surface area contributed by atoms with Crippen LogP contribution in [0.5, 0.6) is 5.75 Å². The number of benzene rings is 1. The number of carbonyl (C=O) groups excluding carboxylic acids is 1. The van der Waals surface area contributed by atoms with Gasteiger partial charge in [-0.3, -0.25) is 9.59 Å². The zero-order chi connectivity index (χ0) is 17.0. The van der Waals surface area contributed by atoms with E-state index in [2.05, 4.69) is 19.2 Å². The summed E-state index contributed by atoms with van der Waals surface area (Å²) in [6.45, 7) is 4.19. The van der Waals surface area contributed by atoms with Gasteiger partial charge in [0.2, 0.25) is 5.91 Å². The maximum atomic E-state index is 12.5. The first-order chi connectivity index (χ1) is 10.9. The van der Waals surface area contributed by atoms with E-state index in [0.717, 1.165) is 17.7 Å². The van der Waals surface area contributed by atoms with Crippen LogP contribution in [0.15, 0.2) is 24.3 Å². The van der Waals surface area contributed by atoms with Crippen LogP contribution in [0.4, 0.5) is 0 Å².